The molecule has 5 heteroatoms. The molecule has 0 spiro atoms. The van der Waals surface area contributed by atoms with E-state index in [0.717, 1.165) is 5.56 Å². The minimum absolute atomic E-state index is 0.0510. The third-order valence-electron chi connectivity index (χ3n) is 4.32. The third kappa shape index (κ3) is 2.71. The maximum Gasteiger partial charge on any atom is 0.197 e. The molecule has 1 heterocycles. The Kier molecular flexibility index (Phi) is 4.20. The molecule has 0 bridgehead atoms. The van der Waals surface area contributed by atoms with Gasteiger partial charge in [-0.05, 0) is 48.9 Å². The maximum atomic E-state index is 12.8. The Morgan fingerprint density at radius 3 is 2.21 bits per heavy atom. The minimum Gasteiger partial charge on any atom is -0.497 e. The molecule has 0 N–H and O–H groups in total. The Hall–Kier alpha value is -2.53. The monoisotopic (exact) mass is 328 g/mol. The van der Waals surface area contributed by atoms with E-state index in [9.17, 15) is 4.79 Å². The van der Waals surface area contributed by atoms with E-state index in [2.05, 4.69) is 0 Å². The van der Waals surface area contributed by atoms with Crippen molar-refractivity contribution in [3.05, 3.63) is 53.6 Å². The number of benzene rings is 2. The summed E-state index contributed by atoms with van der Waals surface area (Å²) in [6.45, 7) is 1.81. The summed E-state index contributed by atoms with van der Waals surface area (Å²) in [6.07, 6.45) is -0.299. The highest BCUT2D eigenvalue weighted by molar-refractivity contribution is 6.04. The first-order valence-corrected chi connectivity index (χ1v) is 7.62. The first kappa shape index (κ1) is 16.3. The summed E-state index contributed by atoms with van der Waals surface area (Å²) in [7, 11) is 4.76. The molecule has 2 atom stereocenters. The number of carbonyl (C=O) groups excluding carboxylic acids is 1. The van der Waals surface area contributed by atoms with Gasteiger partial charge in [0, 0.05) is 5.56 Å². The van der Waals surface area contributed by atoms with E-state index in [1.54, 1.807) is 52.5 Å². The van der Waals surface area contributed by atoms with Gasteiger partial charge in [-0.1, -0.05) is 6.07 Å². The van der Waals surface area contributed by atoms with Crippen molar-refractivity contribution in [2.45, 2.75) is 18.6 Å². The van der Waals surface area contributed by atoms with Crippen molar-refractivity contribution >= 4 is 5.78 Å². The first-order valence-electron chi connectivity index (χ1n) is 7.62. The van der Waals surface area contributed by atoms with E-state index in [-0.39, 0.29) is 11.9 Å². The fraction of sp³-hybridized carbons (Fsp3) is 0.316. The van der Waals surface area contributed by atoms with E-state index in [1.807, 2.05) is 18.2 Å². The van der Waals surface area contributed by atoms with Crippen LogP contribution < -0.4 is 14.2 Å². The predicted octanol–water partition coefficient (Wildman–Crippen LogP) is 3.43. The average molecular weight is 328 g/mol. The lowest BCUT2D eigenvalue weighted by atomic mass is 9.92. The van der Waals surface area contributed by atoms with Gasteiger partial charge >= 0.3 is 0 Å². The molecule has 1 fully saturated rings. The summed E-state index contributed by atoms with van der Waals surface area (Å²) in [5.41, 5.74) is 0.618. The largest absolute Gasteiger partial charge is 0.497 e. The Labute approximate surface area is 141 Å². The van der Waals surface area contributed by atoms with Gasteiger partial charge in [0.25, 0.3) is 0 Å². The van der Waals surface area contributed by atoms with Crippen molar-refractivity contribution in [2.75, 3.05) is 21.3 Å². The second kappa shape index (κ2) is 6.17. The van der Waals surface area contributed by atoms with Crippen LogP contribution in [0.3, 0.4) is 0 Å². The molecule has 0 amide bonds. The third-order valence-corrected chi connectivity index (χ3v) is 4.32. The van der Waals surface area contributed by atoms with Crippen molar-refractivity contribution < 1.29 is 23.7 Å². The summed E-state index contributed by atoms with van der Waals surface area (Å²) in [6, 6.07) is 12.6. The van der Waals surface area contributed by atoms with E-state index in [0.29, 0.717) is 22.8 Å². The highest BCUT2D eigenvalue weighted by atomic mass is 16.6. The van der Waals surface area contributed by atoms with Gasteiger partial charge in [0.15, 0.2) is 22.9 Å². The van der Waals surface area contributed by atoms with Gasteiger partial charge in [-0.25, -0.2) is 0 Å². The van der Waals surface area contributed by atoms with E-state index < -0.39 is 5.60 Å². The fourth-order valence-electron chi connectivity index (χ4n) is 2.81. The number of methoxy groups -OCH3 is 3. The molecule has 24 heavy (non-hydrogen) atoms. The van der Waals surface area contributed by atoms with Crippen LogP contribution in [0.5, 0.6) is 17.2 Å². The molecule has 5 nitrogen and oxygen atoms in total. The van der Waals surface area contributed by atoms with Crippen LogP contribution in [-0.2, 0) is 4.74 Å². The standard InChI is InChI=1S/C19H20O5/c1-19(17(20)12-5-8-14(21-2)9-6-12)18(24-19)13-7-10-15(22-3)16(11-13)23-4/h5-11,18H,1-4H3. The number of ether oxygens (including phenoxy) is 4. The molecule has 2 unspecified atom stereocenters. The van der Waals surface area contributed by atoms with Crippen LogP contribution in [0.1, 0.15) is 28.9 Å². The number of hydrogen-bond donors (Lipinski definition) is 0. The van der Waals surface area contributed by atoms with Gasteiger partial charge in [-0.2, -0.15) is 0 Å². The number of epoxide rings is 1. The molecule has 2 aromatic carbocycles. The fourth-order valence-corrected chi connectivity index (χ4v) is 2.81. The summed E-state index contributed by atoms with van der Waals surface area (Å²) in [4.78, 5) is 12.8. The summed E-state index contributed by atoms with van der Waals surface area (Å²) in [5.74, 6) is 1.92. The molecular formula is C19H20O5. The molecule has 0 radical (unpaired) electrons. The predicted molar refractivity (Wildman–Crippen MR) is 89.1 cm³/mol. The number of rotatable bonds is 6. The number of carbonyl (C=O) groups is 1. The van der Waals surface area contributed by atoms with Crippen LogP contribution in [0.15, 0.2) is 42.5 Å². The average Bonchev–Trinajstić information content (AvgIpc) is 3.33. The highest BCUT2D eigenvalue weighted by Crippen LogP contribution is 2.52. The lowest BCUT2D eigenvalue weighted by Gasteiger charge is -2.10. The maximum absolute atomic E-state index is 12.8. The number of hydrogen-bond acceptors (Lipinski definition) is 5. The normalized spacial score (nSPS) is 21.9. The van der Waals surface area contributed by atoms with Crippen LogP contribution in [0.25, 0.3) is 0 Å². The lowest BCUT2D eigenvalue weighted by Crippen LogP contribution is -2.21. The van der Waals surface area contributed by atoms with Crippen LogP contribution in [-0.4, -0.2) is 32.7 Å². The molecule has 126 valence electrons. The zero-order valence-electron chi connectivity index (χ0n) is 14.2. The molecule has 2 aromatic rings. The Bertz CT molecular complexity index is 753. The molecule has 0 aliphatic carbocycles. The lowest BCUT2D eigenvalue weighted by molar-refractivity contribution is 0.0888. The zero-order chi connectivity index (χ0) is 17.3. The quantitative estimate of drug-likeness (QED) is 0.601. The molecule has 1 saturated heterocycles. The van der Waals surface area contributed by atoms with E-state index >= 15 is 0 Å². The Balaban J connectivity index is 1.82. The summed E-state index contributed by atoms with van der Waals surface area (Å²) >= 11 is 0. The van der Waals surface area contributed by atoms with Gasteiger partial charge in [0.2, 0.25) is 0 Å². The van der Waals surface area contributed by atoms with Crippen molar-refractivity contribution in [1.29, 1.82) is 0 Å². The molecule has 3 rings (SSSR count). The van der Waals surface area contributed by atoms with Crippen LogP contribution >= 0.6 is 0 Å². The van der Waals surface area contributed by atoms with Crippen molar-refractivity contribution in [2.24, 2.45) is 0 Å². The molecule has 0 aromatic heterocycles. The molecule has 0 saturated carbocycles. The van der Waals surface area contributed by atoms with Gasteiger partial charge in [-0.3, -0.25) is 4.79 Å². The molecule has 1 aliphatic rings. The second-order valence-electron chi connectivity index (χ2n) is 5.78. The number of ketones is 1. The van der Waals surface area contributed by atoms with Gasteiger partial charge in [0.05, 0.1) is 21.3 Å². The zero-order valence-corrected chi connectivity index (χ0v) is 14.2. The first-order chi connectivity index (χ1) is 11.5. The number of Topliss-reactive ketones (excluding diaryl/α,β-unsaturated/α-hetero) is 1. The minimum atomic E-state index is -0.867. The van der Waals surface area contributed by atoms with Crippen LogP contribution in [0, 0.1) is 0 Å². The van der Waals surface area contributed by atoms with E-state index in [4.69, 9.17) is 18.9 Å². The highest BCUT2D eigenvalue weighted by Gasteiger charge is 2.59. The SMILES string of the molecule is COc1ccc(C(=O)C2(C)OC2c2ccc(OC)c(OC)c2)cc1. The molecule has 1 aliphatic heterocycles. The Morgan fingerprint density at radius 1 is 0.958 bits per heavy atom. The Morgan fingerprint density at radius 2 is 1.62 bits per heavy atom. The van der Waals surface area contributed by atoms with Crippen molar-refractivity contribution in [3.63, 3.8) is 0 Å². The topological polar surface area (TPSA) is 57.3 Å². The summed E-state index contributed by atoms with van der Waals surface area (Å²) < 4.78 is 21.4. The van der Waals surface area contributed by atoms with Crippen molar-refractivity contribution in [3.8, 4) is 17.2 Å². The van der Waals surface area contributed by atoms with E-state index in [1.165, 1.54) is 0 Å². The van der Waals surface area contributed by atoms with Gasteiger partial charge in [-0.15, -0.1) is 0 Å². The van der Waals surface area contributed by atoms with Gasteiger partial charge < -0.3 is 18.9 Å². The van der Waals surface area contributed by atoms with Crippen LogP contribution in [0.4, 0.5) is 0 Å². The summed E-state index contributed by atoms with van der Waals surface area (Å²) in [5, 5.41) is 0. The molecular weight excluding hydrogens is 308 g/mol. The van der Waals surface area contributed by atoms with Crippen LogP contribution in [0.2, 0.25) is 0 Å². The van der Waals surface area contributed by atoms with Gasteiger partial charge in [0.1, 0.15) is 11.9 Å². The van der Waals surface area contributed by atoms with Crippen molar-refractivity contribution in [1.82, 2.24) is 0 Å². The smallest absolute Gasteiger partial charge is 0.197 e. The second-order valence-corrected chi connectivity index (χ2v) is 5.78.